The minimum absolute atomic E-state index is 0.292. The van der Waals surface area contributed by atoms with Crippen LogP contribution < -0.4 is 5.32 Å². The van der Waals surface area contributed by atoms with E-state index in [4.69, 9.17) is 34.8 Å². The van der Waals surface area contributed by atoms with Gasteiger partial charge < -0.3 is 5.32 Å². The molecule has 1 aromatic heterocycles. The van der Waals surface area contributed by atoms with E-state index in [0.717, 1.165) is 25.6 Å². The number of rotatable bonds is 3. The van der Waals surface area contributed by atoms with Crippen LogP contribution >= 0.6 is 34.8 Å². The van der Waals surface area contributed by atoms with Gasteiger partial charge in [-0.25, -0.2) is 4.98 Å². The number of halogens is 3. The van der Waals surface area contributed by atoms with Crippen molar-refractivity contribution in [3.05, 3.63) is 21.3 Å². The molecule has 2 fully saturated rings. The Hall–Kier alpha value is -0.220. The number of pyridine rings is 1. The molecule has 18 heavy (non-hydrogen) atoms. The van der Waals surface area contributed by atoms with Gasteiger partial charge in [0.05, 0.1) is 10.0 Å². The van der Waals surface area contributed by atoms with Crippen LogP contribution in [0, 0.1) is 0 Å². The molecular weight excluding hydrogens is 293 g/mol. The van der Waals surface area contributed by atoms with Gasteiger partial charge in [0.2, 0.25) is 0 Å². The lowest BCUT2D eigenvalue weighted by atomic mass is 10.2. The molecule has 1 aliphatic heterocycles. The van der Waals surface area contributed by atoms with Crippen LogP contribution in [0.2, 0.25) is 15.2 Å². The Labute approximate surface area is 121 Å². The van der Waals surface area contributed by atoms with Crippen molar-refractivity contribution in [2.75, 3.05) is 18.4 Å². The van der Waals surface area contributed by atoms with E-state index in [0.29, 0.717) is 27.1 Å². The predicted octanol–water partition coefficient (Wildman–Crippen LogP) is 3.69. The molecule has 1 aliphatic carbocycles. The number of hydrogen-bond acceptors (Lipinski definition) is 3. The van der Waals surface area contributed by atoms with E-state index in [9.17, 15) is 0 Å². The Bertz CT molecular complexity index is 462. The lowest BCUT2D eigenvalue weighted by molar-refractivity contribution is 0.326. The third-order valence-corrected chi connectivity index (χ3v) is 4.47. The summed E-state index contributed by atoms with van der Waals surface area (Å²) < 4.78 is 0. The predicted molar refractivity (Wildman–Crippen MR) is 75.9 cm³/mol. The Balaban J connectivity index is 1.67. The van der Waals surface area contributed by atoms with Crippen molar-refractivity contribution in [1.29, 1.82) is 0 Å². The zero-order valence-corrected chi connectivity index (χ0v) is 12.1. The van der Waals surface area contributed by atoms with Crippen molar-refractivity contribution in [3.8, 4) is 0 Å². The molecule has 2 heterocycles. The van der Waals surface area contributed by atoms with Crippen molar-refractivity contribution < 1.29 is 0 Å². The minimum atomic E-state index is 0.292. The summed E-state index contributed by atoms with van der Waals surface area (Å²) in [4.78, 5) is 6.72. The standard InChI is InChI=1S/C12H14Cl3N3/c13-9-5-10(14)12(17-11(9)15)16-7-3-4-18(6-7)8-1-2-8/h5,7-8H,1-4,6H2,(H,16,17). The highest BCUT2D eigenvalue weighted by atomic mass is 35.5. The molecular formula is C12H14Cl3N3. The second kappa shape index (κ2) is 5.04. The van der Waals surface area contributed by atoms with Gasteiger partial charge in [-0.05, 0) is 25.3 Å². The second-order valence-corrected chi connectivity index (χ2v) is 6.12. The van der Waals surface area contributed by atoms with Gasteiger partial charge in [0.15, 0.2) is 0 Å². The van der Waals surface area contributed by atoms with Gasteiger partial charge in [-0.2, -0.15) is 0 Å². The Morgan fingerprint density at radius 2 is 1.94 bits per heavy atom. The van der Waals surface area contributed by atoms with Gasteiger partial charge in [-0.15, -0.1) is 0 Å². The first-order valence-corrected chi connectivity index (χ1v) is 7.29. The molecule has 98 valence electrons. The van der Waals surface area contributed by atoms with Crippen LogP contribution in [0.4, 0.5) is 5.82 Å². The first-order valence-electron chi connectivity index (χ1n) is 6.15. The zero-order valence-electron chi connectivity index (χ0n) is 9.80. The van der Waals surface area contributed by atoms with Crippen LogP contribution in [-0.2, 0) is 0 Å². The SMILES string of the molecule is Clc1cc(Cl)c(NC2CCN(C3CC3)C2)nc1Cl. The summed E-state index contributed by atoms with van der Waals surface area (Å²) in [5.41, 5.74) is 0. The number of nitrogens with zero attached hydrogens (tertiary/aromatic N) is 2. The van der Waals surface area contributed by atoms with Gasteiger partial charge in [0.1, 0.15) is 11.0 Å². The normalized spacial score (nSPS) is 24.5. The molecule has 0 amide bonds. The van der Waals surface area contributed by atoms with Crippen molar-refractivity contribution >= 4 is 40.6 Å². The highest BCUT2D eigenvalue weighted by Gasteiger charge is 2.34. The molecule has 2 aliphatic rings. The zero-order chi connectivity index (χ0) is 12.7. The fourth-order valence-electron chi connectivity index (χ4n) is 2.42. The fraction of sp³-hybridized carbons (Fsp3) is 0.583. The molecule has 0 spiro atoms. The molecule has 0 aromatic carbocycles. The summed E-state index contributed by atoms with van der Waals surface area (Å²) in [6.07, 6.45) is 3.81. The topological polar surface area (TPSA) is 28.2 Å². The Morgan fingerprint density at radius 3 is 2.67 bits per heavy atom. The lowest BCUT2D eigenvalue weighted by Gasteiger charge is -2.17. The monoisotopic (exact) mass is 305 g/mol. The van der Waals surface area contributed by atoms with Gasteiger partial charge >= 0.3 is 0 Å². The highest BCUT2D eigenvalue weighted by Crippen LogP contribution is 2.32. The summed E-state index contributed by atoms with van der Waals surface area (Å²) in [6.45, 7) is 2.21. The summed E-state index contributed by atoms with van der Waals surface area (Å²) in [5, 5.41) is 4.56. The van der Waals surface area contributed by atoms with E-state index in [-0.39, 0.29) is 0 Å². The maximum Gasteiger partial charge on any atom is 0.150 e. The molecule has 1 saturated heterocycles. The fourth-order valence-corrected chi connectivity index (χ4v) is 2.97. The number of hydrogen-bond donors (Lipinski definition) is 1. The molecule has 0 bridgehead atoms. The van der Waals surface area contributed by atoms with E-state index >= 15 is 0 Å². The number of aromatic nitrogens is 1. The van der Waals surface area contributed by atoms with Crippen LogP contribution in [-0.4, -0.2) is 35.1 Å². The van der Waals surface area contributed by atoms with E-state index in [1.807, 2.05) is 0 Å². The van der Waals surface area contributed by atoms with Crippen LogP contribution in [0.3, 0.4) is 0 Å². The van der Waals surface area contributed by atoms with E-state index in [1.165, 1.54) is 12.8 Å². The van der Waals surface area contributed by atoms with Gasteiger partial charge in [-0.3, -0.25) is 4.90 Å². The second-order valence-electron chi connectivity index (χ2n) is 4.95. The van der Waals surface area contributed by atoms with Crippen molar-refractivity contribution in [3.63, 3.8) is 0 Å². The first kappa shape index (κ1) is 12.8. The lowest BCUT2D eigenvalue weighted by Crippen LogP contribution is -2.28. The van der Waals surface area contributed by atoms with E-state index < -0.39 is 0 Å². The molecule has 1 unspecified atom stereocenters. The quantitative estimate of drug-likeness (QED) is 0.863. The molecule has 0 radical (unpaired) electrons. The van der Waals surface area contributed by atoms with Crippen molar-refractivity contribution in [2.24, 2.45) is 0 Å². The Kier molecular flexibility index (Phi) is 3.59. The maximum absolute atomic E-state index is 6.11. The molecule has 1 aromatic rings. The largest absolute Gasteiger partial charge is 0.365 e. The van der Waals surface area contributed by atoms with Crippen molar-refractivity contribution in [2.45, 2.75) is 31.3 Å². The van der Waals surface area contributed by atoms with E-state index in [1.54, 1.807) is 6.07 Å². The summed E-state index contributed by atoms with van der Waals surface area (Å²) >= 11 is 17.9. The molecule has 3 rings (SSSR count). The average Bonchev–Trinajstić information content (AvgIpc) is 3.07. The molecule has 3 nitrogen and oxygen atoms in total. The minimum Gasteiger partial charge on any atom is -0.365 e. The Morgan fingerprint density at radius 1 is 1.17 bits per heavy atom. The summed E-state index contributed by atoms with van der Waals surface area (Å²) in [5.74, 6) is 0.633. The highest BCUT2D eigenvalue weighted by molar-refractivity contribution is 6.42. The van der Waals surface area contributed by atoms with Crippen LogP contribution in [0.25, 0.3) is 0 Å². The van der Waals surface area contributed by atoms with E-state index in [2.05, 4.69) is 15.2 Å². The summed E-state index contributed by atoms with van der Waals surface area (Å²) in [6, 6.07) is 2.84. The molecule has 6 heteroatoms. The van der Waals surface area contributed by atoms with Crippen LogP contribution in [0.5, 0.6) is 0 Å². The third-order valence-electron chi connectivity index (χ3n) is 3.51. The number of nitrogens with one attached hydrogen (secondary N) is 1. The summed E-state index contributed by atoms with van der Waals surface area (Å²) in [7, 11) is 0. The van der Waals surface area contributed by atoms with Crippen LogP contribution in [0.15, 0.2) is 6.07 Å². The van der Waals surface area contributed by atoms with Gasteiger partial charge in [0.25, 0.3) is 0 Å². The number of likely N-dealkylation sites (tertiary alicyclic amines) is 1. The maximum atomic E-state index is 6.11. The molecule has 1 N–H and O–H groups in total. The molecule has 1 atom stereocenters. The van der Waals surface area contributed by atoms with Gasteiger partial charge in [0, 0.05) is 25.2 Å². The molecule has 1 saturated carbocycles. The number of anilines is 1. The first-order chi connectivity index (χ1) is 8.63. The van der Waals surface area contributed by atoms with Gasteiger partial charge in [-0.1, -0.05) is 34.8 Å². The average molecular weight is 307 g/mol. The van der Waals surface area contributed by atoms with Crippen LogP contribution in [0.1, 0.15) is 19.3 Å². The smallest absolute Gasteiger partial charge is 0.150 e. The van der Waals surface area contributed by atoms with Crippen molar-refractivity contribution in [1.82, 2.24) is 9.88 Å². The third kappa shape index (κ3) is 2.69.